The van der Waals surface area contributed by atoms with E-state index in [0.717, 1.165) is 24.2 Å². The van der Waals surface area contributed by atoms with Gasteiger partial charge in [0.2, 0.25) is 0 Å². The van der Waals surface area contributed by atoms with Crippen LogP contribution in [0, 0.1) is 25.2 Å². The molecule has 0 radical (unpaired) electrons. The summed E-state index contributed by atoms with van der Waals surface area (Å²) in [6, 6.07) is 18.6. The average Bonchev–Trinajstić information content (AvgIpc) is 2.49. The maximum Gasteiger partial charge on any atom is 0.119 e. The van der Waals surface area contributed by atoms with Crippen LogP contribution < -0.4 is 4.74 Å². The van der Waals surface area contributed by atoms with E-state index >= 15 is 0 Å². The Labute approximate surface area is 127 Å². The fraction of sp³-hybridized carbons (Fsp3) is 0.316. The summed E-state index contributed by atoms with van der Waals surface area (Å²) in [7, 11) is 0. The number of aryl methyl sites for hydroxylation is 2. The number of nitriles is 1. The normalized spacial score (nSPS) is 11.7. The smallest absolute Gasteiger partial charge is 0.119 e. The van der Waals surface area contributed by atoms with Gasteiger partial charge in [-0.25, -0.2) is 0 Å². The van der Waals surface area contributed by atoms with Crippen LogP contribution in [0.5, 0.6) is 5.75 Å². The molecule has 108 valence electrons. The topological polar surface area (TPSA) is 33.0 Å². The van der Waals surface area contributed by atoms with E-state index in [2.05, 4.69) is 32.0 Å². The van der Waals surface area contributed by atoms with Gasteiger partial charge in [-0.1, -0.05) is 36.4 Å². The van der Waals surface area contributed by atoms with Gasteiger partial charge in [0.1, 0.15) is 5.75 Å². The Balaban J connectivity index is 1.85. The Kier molecular flexibility index (Phi) is 5.40. The second-order valence-electron chi connectivity index (χ2n) is 5.35. The van der Waals surface area contributed by atoms with Crippen molar-refractivity contribution >= 4 is 0 Å². The minimum absolute atomic E-state index is 0.0488. The fourth-order valence-corrected chi connectivity index (χ4v) is 2.45. The van der Waals surface area contributed by atoms with Gasteiger partial charge in [0.25, 0.3) is 0 Å². The lowest BCUT2D eigenvalue weighted by Gasteiger charge is -2.12. The van der Waals surface area contributed by atoms with Gasteiger partial charge in [-0.15, -0.1) is 0 Å². The second-order valence-corrected chi connectivity index (χ2v) is 5.35. The lowest BCUT2D eigenvalue weighted by atomic mass is 9.92. The van der Waals surface area contributed by atoms with Crippen LogP contribution in [0.1, 0.15) is 35.4 Å². The van der Waals surface area contributed by atoms with E-state index < -0.39 is 0 Å². The summed E-state index contributed by atoms with van der Waals surface area (Å²) in [6.07, 6.45) is 1.70. The van der Waals surface area contributed by atoms with Crippen molar-refractivity contribution in [3.05, 3.63) is 65.2 Å². The van der Waals surface area contributed by atoms with E-state index in [1.807, 2.05) is 36.4 Å². The third kappa shape index (κ3) is 4.36. The molecule has 0 fully saturated rings. The zero-order chi connectivity index (χ0) is 15.1. The summed E-state index contributed by atoms with van der Waals surface area (Å²) in [5.74, 6) is 0.853. The number of benzene rings is 2. The van der Waals surface area contributed by atoms with Crippen molar-refractivity contribution in [1.29, 1.82) is 5.26 Å². The highest BCUT2D eigenvalue weighted by Gasteiger charge is 2.12. The van der Waals surface area contributed by atoms with Crippen molar-refractivity contribution in [2.45, 2.75) is 32.6 Å². The standard InChI is InChI=1S/C19H21NO/c1-15-7-5-10-18(13-15)21-12-6-9-17(14-20)19-11-4-3-8-16(19)2/h3-5,7-8,10-11,13,17H,6,9,12H2,1-2H3. The van der Waals surface area contributed by atoms with Crippen LogP contribution in [-0.4, -0.2) is 6.61 Å². The van der Waals surface area contributed by atoms with Crippen LogP contribution >= 0.6 is 0 Å². The van der Waals surface area contributed by atoms with Gasteiger partial charge in [-0.2, -0.15) is 5.26 Å². The number of hydrogen-bond donors (Lipinski definition) is 0. The Bertz CT molecular complexity index is 627. The largest absolute Gasteiger partial charge is 0.494 e. The third-order valence-electron chi connectivity index (χ3n) is 3.62. The molecular weight excluding hydrogens is 258 g/mol. The van der Waals surface area contributed by atoms with Gasteiger partial charge in [-0.3, -0.25) is 0 Å². The average molecular weight is 279 g/mol. The molecule has 0 spiro atoms. The molecule has 0 saturated heterocycles. The molecule has 0 aliphatic rings. The van der Waals surface area contributed by atoms with Gasteiger partial charge >= 0.3 is 0 Å². The van der Waals surface area contributed by atoms with Crippen molar-refractivity contribution in [1.82, 2.24) is 0 Å². The minimum Gasteiger partial charge on any atom is -0.494 e. The zero-order valence-corrected chi connectivity index (χ0v) is 12.7. The molecule has 1 atom stereocenters. The monoisotopic (exact) mass is 279 g/mol. The summed E-state index contributed by atoms with van der Waals surface area (Å²) in [5.41, 5.74) is 3.52. The van der Waals surface area contributed by atoms with E-state index in [9.17, 15) is 5.26 Å². The molecule has 2 heteroatoms. The SMILES string of the molecule is Cc1cccc(OCCCC(C#N)c2ccccc2C)c1. The van der Waals surface area contributed by atoms with Crippen molar-refractivity contribution in [3.8, 4) is 11.8 Å². The number of rotatable bonds is 6. The quantitative estimate of drug-likeness (QED) is 0.713. The molecule has 0 bridgehead atoms. The van der Waals surface area contributed by atoms with Crippen LogP contribution in [0.2, 0.25) is 0 Å². The molecule has 0 aliphatic heterocycles. The maximum absolute atomic E-state index is 9.37. The predicted molar refractivity (Wildman–Crippen MR) is 85.4 cm³/mol. The fourth-order valence-electron chi connectivity index (χ4n) is 2.45. The summed E-state index contributed by atoms with van der Waals surface area (Å²) in [4.78, 5) is 0. The molecule has 2 rings (SSSR count). The predicted octanol–water partition coefficient (Wildman–Crippen LogP) is 4.77. The first-order chi connectivity index (χ1) is 10.2. The molecule has 2 aromatic rings. The molecular formula is C19H21NO. The third-order valence-corrected chi connectivity index (χ3v) is 3.62. The number of ether oxygens (including phenoxy) is 1. The molecule has 0 amide bonds. The first kappa shape index (κ1) is 15.1. The molecule has 21 heavy (non-hydrogen) atoms. The Morgan fingerprint density at radius 1 is 1.10 bits per heavy atom. The summed E-state index contributed by atoms with van der Waals surface area (Å²) in [5, 5.41) is 9.37. The lowest BCUT2D eigenvalue weighted by Crippen LogP contribution is -2.03. The lowest BCUT2D eigenvalue weighted by molar-refractivity contribution is 0.304. The van der Waals surface area contributed by atoms with Crippen LogP contribution in [0.15, 0.2) is 48.5 Å². The summed E-state index contributed by atoms with van der Waals surface area (Å²) >= 11 is 0. The first-order valence-corrected chi connectivity index (χ1v) is 7.35. The highest BCUT2D eigenvalue weighted by atomic mass is 16.5. The van der Waals surface area contributed by atoms with Crippen LogP contribution in [0.25, 0.3) is 0 Å². The van der Waals surface area contributed by atoms with Gasteiger partial charge < -0.3 is 4.74 Å². The van der Waals surface area contributed by atoms with Crippen molar-refractivity contribution in [3.63, 3.8) is 0 Å². The zero-order valence-electron chi connectivity index (χ0n) is 12.7. The second kappa shape index (κ2) is 7.50. The Hall–Kier alpha value is -2.27. The molecule has 2 aromatic carbocycles. The van der Waals surface area contributed by atoms with Crippen molar-refractivity contribution < 1.29 is 4.74 Å². The first-order valence-electron chi connectivity index (χ1n) is 7.35. The van der Waals surface area contributed by atoms with Crippen molar-refractivity contribution in [2.24, 2.45) is 0 Å². The Morgan fingerprint density at radius 3 is 2.62 bits per heavy atom. The van der Waals surface area contributed by atoms with Crippen LogP contribution in [0.4, 0.5) is 0 Å². The highest BCUT2D eigenvalue weighted by Crippen LogP contribution is 2.23. The van der Waals surface area contributed by atoms with Crippen LogP contribution in [-0.2, 0) is 0 Å². The molecule has 0 aromatic heterocycles. The molecule has 1 unspecified atom stereocenters. The van der Waals surface area contributed by atoms with E-state index in [1.54, 1.807) is 0 Å². The molecule has 0 heterocycles. The molecule has 0 aliphatic carbocycles. The van der Waals surface area contributed by atoms with E-state index in [-0.39, 0.29) is 5.92 Å². The molecule has 0 saturated carbocycles. The van der Waals surface area contributed by atoms with Crippen molar-refractivity contribution in [2.75, 3.05) is 6.61 Å². The Morgan fingerprint density at radius 2 is 1.90 bits per heavy atom. The van der Waals surface area contributed by atoms with Crippen LogP contribution in [0.3, 0.4) is 0 Å². The highest BCUT2D eigenvalue weighted by molar-refractivity contribution is 5.32. The van der Waals surface area contributed by atoms with E-state index in [0.29, 0.717) is 6.61 Å². The number of hydrogen-bond acceptors (Lipinski definition) is 2. The van der Waals surface area contributed by atoms with Gasteiger partial charge in [0, 0.05) is 0 Å². The van der Waals surface area contributed by atoms with Gasteiger partial charge in [-0.05, 0) is 55.5 Å². The summed E-state index contributed by atoms with van der Waals surface area (Å²) in [6.45, 7) is 4.76. The minimum atomic E-state index is -0.0488. The van der Waals surface area contributed by atoms with Gasteiger partial charge in [0.15, 0.2) is 0 Å². The van der Waals surface area contributed by atoms with Gasteiger partial charge in [0.05, 0.1) is 18.6 Å². The van der Waals surface area contributed by atoms with E-state index in [4.69, 9.17) is 4.74 Å². The maximum atomic E-state index is 9.37. The molecule has 0 N–H and O–H groups in total. The molecule has 2 nitrogen and oxygen atoms in total. The summed E-state index contributed by atoms with van der Waals surface area (Å²) < 4.78 is 5.74. The van der Waals surface area contributed by atoms with E-state index in [1.165, 1.54) is 11.1 Å². The number of nitrogens with zero attached hydrogens (tertiary/aromatic N) is 1.